The zero-order valence-corrected chi connectivity index (χ0v) is 12.9. The van der Waals surface area contributed by atoms with Crippen molar-refractivity contribution in [1.29, 1.82) is 0 Å². The second-order valence-corrected chi connectivity index (χ2v) is 6.87. The van der Waals surface area contributed by atoms with Gasteiger partial charge in [0, 0.05) is 16.8 Å². The lowest BCUT2D eigenvalue weighted by atomic mass is 10.0. The first-order chi connectivity index (χ1) is 9.53. The van der Waals surface area contributed by atoms with Crippen molar-refractivity contribution in [2.75, 3.05) is 11.1 Å². The summed E-state index contributed by atoms with van der Waals surface area (Å²) in [6, 6.07) is 10.4. The molecule has 3 nitrogen and oxygen atoms in total. The van der Waals surface area contributed by atoms with Gasteiger partial charge in [0.25, 0.3) is 0 Å². The number of nitrogens with one attached hydrogen (secondary N) is 1. The number of amidine groups is 1. The molecule has 4 heteroatoms. The summed E-state index contributed by atoms with van der Waals surface area (Å²) in [6.45, 7) is 6.38. The third-order valence-electron chi connectivity index (χ3n) is 3.46. The minimum absolute atomic E-state index is 0.0293. The Hall–Kier alpha value is -1.55. The van der Waals surface area contributed by atoms with Gasteiger partial charge in [-0.25, -0.2) is 0 Å². The number of benzene rings is 1. The van der Waals surface area contributed by atoms with Gasteiger partial charge in [0.2, 0.25) is 0 Å². The fourth-order valence-corrected chi connectivity index (χ4v) is 3.57. The molecule has 0 radical (unpaired) electrons. The van der Waals surface area contributed by atoms with Crippen LogP contribution in [0.4, 0.5) is 5.69 Å². The highest BCUT2D eigenvalue weighted by Crippen LogP contribution is 2.28. The van der Waals surface area contributed by atoms with Gasteiger partial charge in [0.05, 0.1) is 16.7 Å². The van der Waals surface area contributed by atoms with E-state index in [1.165, 1.54) is 0 Å². The number of hydrogen-bond donors (Lipinski definition) is 1. The molecule has 3 rings (SSSR count). The molecule has 0 spiro atoms. The number of aryl methyl sites for hydroxylation is 1. The Labute approximate surface area is 123 Å². The third-order valence-corrected chi connectivity index (χ3v) is 4.33. The number of fused-ring (bicyclic) bond motifs is 1. The summed E-state index contributed by atoms with van der Waals surface area (Å²) in [5, 5.41) is 5.61. The standard InChI is InChI=1S/C16H19N3S/c1-11-7-8-12-5-4-6-13(14(12)17-11)18-15-19-16(2,3)9-10-20-15/h4-8H,9-10H2,1-3H3,(H,18,19). The summed E-state index contributed by atoms with van der Waals surface area (Å²) in [7, 11) is 0. The van der Waals surface area contributed by atoms with Gasteiger partial charge in [-0.3, -0.25) is 9.98 Å². The van der Waals surface area contributed by atoms with Crippen LogP contribution in [0.3, 0.4) is 0 Å². The Bertz CT molecular complexity index is 676. The van der Waals surface area contributed by atoms with Crippen LogP contribution in [0.2, 0.25) is 0 Å². The van der Waals surface area contributed by atoms with Gasteiger partial charge in [-0.15, -0.1) is 0 Å². The van der Waals surface area contributed by atoms with Crippen LogP contribution in [0.1, 0.15) is 26.0 Å². The van der Waals surface area contributed by atoms with Crippen LogP contribution >= 0.6 is 11.8 Å². The molecule has 0 atom stereocenters. The van der Waals surface area contributed by atoms with E-state index in [0.717, 1.165) is 39.6 Å². The zero-order chi connectivity index (χ0) is 14.2. The summed E-state index contributed by atoms with van der Waals surface area (Å²) in [6.07, 6.45) is 1.12. The van der Waals surface area contributed by atoms with Gasteiger partial charge in [-0.1, -0.05) is 30.0 Å². The van der Waals surface area contributed by atoms with Crippen molar-refractivity contribution in [1.82, 2.24) is 4.98 Å². The molecule has 0 amide bonds. The predicted molar refractivity (Wildman–Crippen MR) is 88.7 cm³/mol. The maximum Gasteiger partial charge on any atom is 0.161 e. The molecule has 0 bridgehead atoms. The molecular formula is C16H19N3S. The van der Waals surface area contributed by atoms with Gasteiger partial charge in [0.1, 0.15) is 0 Å². The van der Waals surface area contributed by atoms with E-state index in [4.69, 9.17) is 4.99 Å². The monoisotopic (exact) mass is 285 g/mol. The van der Waals surface area contributed by atoms with Crippen LogP contribution in [0.5, 0.6) is 0 Å². The first kappa shape index (κ1) is 13.4. The Morgan fingerprint density at radius 1 is 1.20 bits per heavy atom. The van der Waals surface area contributed by atoms with Crippen molar-refractivity contribution < 1.29 is 0 Å². The summed E-state index contributed by atoms with van der Waals surface area (Å²) in [5.74, 6) is 1.11. The second-order valence-electron chi connectivity index (χ2n) is 5.78. The van der Waals surface area contributed by atoms with Crippen LogP contribution in [0.25, 0.3) is 10.9 Å². The highest BCUT2D eigenvalue weighted by Gasteiger charge is 2.22. The number of nitrogens with zero attached hydrogens (tertiary/aromatic N) is 2. The summed E-state index contributed by atoms with van der Waals surface area (Å²) in [4.78, 5) is 9.43. The summed E-state index contributed by atoms with van der Waals surface area (Å²) >= 11 is 1.78. The highest BCUT2D eigenvalue weighted by molar-refractivity contribution is 8.14. The topological polar surface area (TPSA) is 37.3 Å². The fourth-order valence-electron chi connectivity index (χ4n) is 2.29. The molecule has 0 saturated heterocycles. The lowest BCUT2D eigenvalue weighted by Crippen LogP contribution is -2.27. The average molecular weight is 285 g/mol. The summed E-state index contributed by atoms with van der Waals surface area (Å²) < 4.78 is 0. The van der Waals surface area contributed by atoms with E-state index in [1.54, 1.807) is 11.8 Å². The van der Waals surface area contributed by atoms with Crippen LogP contribution in [0, 0.1) is 6.92 Å². The van der Waals surface area contributed by atoms with Gasteiger partial charge in [-0.2, -0.15) is 0 Å². The lowest BCUT2D eigenvalue weighted by Gasteiger charge is -2.26. The molecule has 1 aromatic heterocycles. The number of anilines is 1. The van der Waals surface area contributed by atoms with Crippen LogP contribution < -0.4 is 5.32 Å². The number of pyridine rings is 1. The van der Waals surface area contributed by atoms with Crippen molar-refractivity contribution in [2.24, 2.45) is 4.99 Å². The van der Waals surface area contributed by atoms with Gasteiger partial charge in [-0.05, 0) is 39.3 Å². The van der Waals surface area contributed by atoms with E-state index in [1.807, 2.05) is 13.0 Å². The SMILES string of the molecule is Cc1ccc2cccc(NC3=NC(C)(C)CCS3)c2n1. The maximum atomic E-state index is 4.78. The third kappa shape index (κ3) is 2.80. The first-order valence-corrected chi connectivity index (χ1v) is 7.88. The maximum absolute atomic E-state index is 4.78. The van der Waals surface area contributed by atoms with E-state index in [-0.39, 0.29) is 5.54 Å². The van der Waals surface area contributed by atoms with Crippen LogP contribution in [0.15, 0.2) is 35.3 Å². The Kier molecular flexibility index (Phi) is 3.42. The van der Waals surface area contributed by atoms with Crippen molar-refractivity contribution in [3.8, 4) is 0 Å². The number of aromatic nitrogens is 1. The fraction of sp³-hybridized carbons (Fsp3) is 0.375. The molecule has 0 fully saturated rings. The normalized spacial score (nSPS) is 17.9. The largest absolute Gasteiger partial charge is 0.333 e. The quantitative estimate of drug-likeness (QED) is 0.852. The Morgan fingerprint density at radius 2 is 2.05 bits per heavy atom. The molecule has 2 aromatic rings. The lowest BCUT2D eigenvalue weighted by molar-refractivity contribution is 0.507. The molecule has 20 heavy (non-hydrogen) atoms. The molecule has 104 valence electrons. The van der Waals surface area contributed by atoms with Crippen LogP contribution in [-0.4, -0.2) is 21.4 Å². The van der Waals surface area contributed by atoms with Crippen molar-refractivity contribution in [2.45, 2.75) is 32.7 Å². The molecule has 0 saturated carbocycles. The predicted octanol–water partition coefficient (Wildman–Crippen LogP) is 4.23. The molecule has 1 aliphatic heterocycles. The van der Waals surface area contributed by atoms with Crippen LogP contribution in [-0.2, 0) is 0 Å². The van der Waals surface area contributed by atoms with E-state index >= 15 is 0 Å². The second kappa shape index (κ2) is 5.09. The molecule has 1 N–H and O–H groups in total. The minimum atomic E-state index is 0.0293. The van der Waals surface area contributed by atoms with Crippen molar-refractivity contribution in [3.63, 3.8) is 0 Å². The van der Waals surface area contributed by atoms with E-state index < -0.39 is 0 Å². The average Bonchev–Trinajstić information content (AvgIpc) is 2.38. The van der Waals surface area contributed by atoms with Gasteiger partial charge >= 0.3 is 0 Å². The van der Waals surface area contributed by atoms with Crippen molar-refractivity contribution in [3.05, 3.63) is 36.0 Å². The van der Waals surface area contributed by atoms with Gasteiger partial charge in [0.15, 0.2) is 5.17 Å². The van der Waals surface area contributed by atoms with E-state index in [2.05, 4.69) is 48.4 Å². The number of aliphatic imine (C=N–C) groups is 1. The highest BCUT2D eigenvalue weighted by atomic mass is 32.2. The van der Waals surface area contributed by atoms with E-state index in [0.29, 0.717) is 0 Å². The molecule has 0 unspecified atom stereocenters. The van der Waals surface area contributed by atoms with Gasteiger partial charge < -0.3 is 5.32 Å². The number of thioether (sulfide) groups is 1. The molecule has 1 aliphatic rings. The molecule has 2 heterocycles. The first-order valence-electron chi connectivity index (χ1n) is 6.90. The number of rotatable bonds is 1. The Balaban J connectivity index is 1.99. The summed E-state index contributed by atoms with van der Waals surface area (Å²) in [5.41, 5.74) is 3.11. The molecular weight excluding hydrogens is 266 g/mol. The molecule has 0 aliphatic carbocycles. The minimum Gasteiger partial charge on any atom is -0.333 e. The molecule has 1 aromatic carbocycles. The van der Waals surface area contributed by atoms with Crippen molar-refractivity contribution >= 4 is 33.5 Å². The Morgan fingerprint density at radius 3 is 2.85 bits per heavy atom. The number of hydrogen-bond acceptors (Lipinski definition) is 4. The zero-order valence-electron chi connectivity index (χ0n) is 12.1. The smallest absolute Gasteiger partial charge is 0.161 e. The number of para-hydroxylation sites is 1. The van der Waals surface area contributed by atoms with E-state index in [9.17, 15) is 0 Å².